The first-order chi connectivity index (χ1) is 10.5. The van der Waals surface area contributed by atoms with E-state index in [1.807, 2.05) is 0 Å². The molecule has 1 aromatic carbocycles. The van der Waals surface area contributed by atoms with E-state index in [0.717, 1.165) is 0 Å². The Balaban J connectivity index is 2.41. The molecule has 0 aliphatic carbocycles. The molecule has 1 aromatic rings. The first-order valence-electron chi connectivity index (χ1n) is 6.31. The Labute approximate surface area is 128 Å². The number of amides is 1. The van der Waals surface area contributed by atoms with Crippen LogP contribution in [0.15, 0.2) is 23.1 Å². The Morgan fingerprint density at radius 3 is 2.57 bits per heavy atom. The molecule has 0 spiro atoms. The number of nitrogens with two attached hydrogens (primary N) is 1. The van der Waals surface area contributed by atoms with Crippen LogP contribution in [-0.2, 0) is 25.7 Å². The monoisotopic (exact) mass is 356 g/mol. The predicted octanol–water partition coefficient (Wildman–Crippen LogP) is 0.719. The highest BCUT2D eigenvalue weighted by Gasteiger charge is 2.37. The number of halogens is 4. The summed E-state index contributed by atoms with van der Waals surface area (Å²) in [6.07, 6.45) is -6.06. The van der Waals surface area contributed by atoms with E-state index in [4.69, 9.17) is 10.5 Å². The Morgan fingerprint density at radius 1 is 1.35 bits per heavy atom. The lowest BCUT2D eigenvalue weighted by Gasteiger charge is -2.30. The Bertz CT molecular complexity index is 720. The van der Waals surface area contributed by atoms with Gasteiger partial charge in [0.1, 0.15) is 16.8 Å². The molecule has 1 aliphatic rings. The van der Waals surface area contributed by atoms with Crippen molar-refractivity contribution in [1.82, 2.24) is 4.31 Å². The Kier molecular flexibility index (Phi) is 4.64. The van der Waals surface area contributed by atoms with Crippen LogP contribution < -0.4 is 5.73 Å². The molecule has 6 nitrogen and oxygen atoms in total. The van der Waals surface area contributed by atoms with Gasteiger partial charge in [0.05, 0.1) is 12.2 Å². The summed E-state index contributed by atoms with van der Waals surface area (Å²) in [5.74, 6) is -2.24. The molecule has 0 aromatic heterocycles. The van der Waals surface area contributed by atoms with Crippen LogP contribution in [-0.4, -0.2) is 44.4 Å². The van der Waals surface area contributed by atoms with Gasteiger partial charge in [-0.05, 0) is 18.2 Å². The van der Waals surface area contributed by atoms with Crippen LogP contribution in [0, 0.1) is 5.82 Å². The van der Waals surface area contributed by atoms with E-state index in [9.17, 15) is 30.8 Å². The minimum atomic E-state index is -4.82. The van der Waals surface area contributed by atoms with Crippen molar-refractivity contribution in [2.45, 2.75) is 17.2 Å². The molecule has 11 heteroatoms. The highest BCUT2D eigenvalue weighted by Crippen LogP contribution is 2.32. The van der Waals surface area contributed by atoms with E-state index in [1.54, 1.807) is 0 Å². The van der Waals surface area contributed by atoms with E-state index >= 15 is 0 Å². The number of morpholine rings is 1. The predicted molar refractivity (Wildman–Crippen MR) is 69.1 cm³/mol. The summed E-state index contributed by atoms with van der Waals surface area (Å²) < 4.78 is 82.2. The topological polar surface area (TPSA) is 89.7 Å². The lowest BCUT2D eigenvalue weighted by Crippen LogP contribution is -2.50. The first-order valence-corrected chi connectivity index (χ1v) is 7.75. The number of hydrogen-bond donors (Lipinski definition) is 1. The fraction of sp³-hybridized carbons (Fsp3) is 0.417. The van der Waals surface area contributed by atoms with Crippen molar-refractivity contribution in [2.75, 3.05) is 19.7 Å². The van der Waals surface area contributed by atoms with Crippen LogP contribution in [0.4, 0.5) is 17.6 Å². The number of carbonyl (C=O) groups excluding carboxylic acids is 1. The highest BCUT2D eigenvalue weighted by molar-refractivity contribution is 7.89. The molecule has 1 unspecified atom stereocenters. The van der Waals surface area contributed by atoms with Crippen molar-refractivity contribution in [3.05, 3.63) is 29.6 Å². The van der Waals surface area contributed by atoms with E-state index < -0.39 is 51.0 Å². The minimum Gasteiger partial charge on any atom is -0.367 e. The summed E-state index contributed by atoms with van der Waals surface area (Å²) in [5, 5.41) is 0. The molecule has 128 valence electrons. The Hall–Kier alpha value is -1.72. The fourth-order valence-electron chi connectivity index (χ4n) is 2.03. The van der Waals surface area contributed by atoms with Crippen molar-refractivity contribution >= 4 is 15.9 Å². The van der Waals surface area contributed by atoms with E-state index in [-0.39, 0.29) is 19.2 Å². The van der Waals surface area contributed by atoms with Gasteiger partial charge < -0.3 is 10.5 Å². The number of alkyl halides is 3. The molecule has 2 N–H and O–H groups in total. The summed E-state index contributed by atoms with van der Waals surface area (Å²) in [4.78, 5) is 9.96. The molecule has 1 saturated heterocycles. The second-order valence-electron chi connectivity index (χ2n) is 4.77. The van der Waals surface area contributed by atoms with Gasteiger partial charge in [-0.2, -0.15) is 17.5 Å². The number of nitrogens with zero attached hydrogens (tertiary/aromatic N) is 1. The van der Waals surface area contributed by atoms with Gasteiger partial charge in [-0.1, -0.05) is 0 Å². The summed E-state index contributed by atoms with van der Waals surface area (Å²) in [6.45, 7) is -0.914. The van der Waals surface area contributed by atoms with Crippen molar-refractivity contribution in [3.8, 4) is 0 Å². The van der Waals surface area contributed by atoms with Crippen LogP contribution in [0.25, 0.3) is 0 Å². The van der Waals surface area contributed by atoms with Gasteiger partial charge >= 0.3 is 6.18 Å². The zero-order chi connectivity index (χ0) is 17.4. The van der Waals surface area contributed by atoms with Crippen molar-refractivity contribution < 1.29 is 35.5 Å². The first kappa shape index (κ1) is 17.6. The standard InChI is InChI=1S/C12H12F4N2O4S/c13-8-2-1-7(12(14,15)16)5-10(8)23(20,21)18-3-4-22-9(6-18)11(17)19/h1-2,5,9H,3-4,6H2,(H2,17,19). The van der Waals surface area contributed by atoms with Gasteiger partial charge in [0, 0.05) is 13.1 Å². The molecular weight excluding hydrogens is 344 g/mol. The van der Waals surface area contributed by atoms with E-state index in [2.05, 4.69) is 0 Å². The summed E-state index contributed by atoms with van der Waals surface area (Å²) in [5.41, 5.74) is 3.72. The van der Waals surface area contributed by atoms with Gasteiger partial charge in [0.25, 0.3) is 0 Å². The third kappa shape index (κ3) is 3.62. The van der Waals surface area contributed by atoms with Gasteiger partial charge in [0.15, 0.2) is 0 Å². The quantitative estimate of drug-likeness (QED) is 0.808. The lowest BCUT2D eigenvalue weighted by molar-refractivity contribution is -0.137. The molecule has 1 amide bonds. The number of carbonyl (C=O) groups is 1. The molecule has 23 heavy (non-hydrogen) atoms. The van der Waals surface area contributed by atoms with Crippen LogP contribution in [0.2, 0.25) is 0 Å². The van der Waals surface area contributed by atoms with Crippen molar-refractivity contribution in [2.24, 2.45) is 5.73 Å². The third-order valence-corrected chi connectivity index (χ3v) is 5.10. The highest BCUT2D eigenvalue weighted by atomic mass is 32.2. The summed E-state index contributed by atoms with van der Waals surface area (Å²) in [6, 6.07) is 1.10. The molecule has 1 atom stereocenters. The van der Waals surface area contributed by atoms with Crippen LogP contribution in [0.1, 0.15) is 5.56 Å². The van der Waals surface area contributed by atoms with Gasteiger partial charge in [-0.3, -0.25) is 4.79 Å². The van der Waals surface area contributed by atoms with Gasteiger partial charge in [0.2, 0.25) is 15.9 Å². The Morgan fingerprint density at radius 2 is 2.00 bits per heavy atom. The summed E-state index contributed by atoms with van der Waals surface area (Å²) in [7, 11) is -4.57. The molecule has 2 rings (SSSR count). The normalized spacial score (nSPS) is 20.4. The average Bonchev–Trinajstić information content (AvgIpc) is 2.46. The molecule has 0 saturated carbocycles. The van der Waals surface area contributed by atoms with Crippen molar-refractivity contribution in [3.63, 3.8) is 0 Å². The second kappa shape index (κ2) is 6.06. The van der Waals surface area contributed by atoms with E-state index in [1.165, 1.54) is 0 Å². The largest absolute Gasteiger partial charge is 0.416 e. The maximum Gasteiger partial charge on any atom is 0.416 e. The van der Waals surface area contributed by atoms with Crippen LogP contribution in [0.3, 0.4) is 0 Å². The smallest absolute Gasteiger partial charge is 0.367 e. The molecular formula is C12H12F4N2O4S. The number of hydrogen-bond acceptors (Lipinski definition) is 4. The molecule has 0 bridgehead atoms. The zero-order valence-corrected chi connectivity index (χ0v) is 12.3. The maximum atomic E-state index is 13.8. The maximum absolute atomic E-state index is 13.8. The number of primary amides is 1. The van der Waals surface area contributed by atoms with Gasteiger partial charge in [-0.25, -0.2) is 12.8 Å². The third-order valence-electron chi connectivity index (χ3n) is 3.22. The lowest BCUT2D eigenvalue weighted by atomic mass is 10.2. The molecule has 0 radical (unpaired) electrons. The van der Waals surface area contributed by atoms with Crippen molar-refractivity contribution in [1.29, 1.82) is 0 Å². The van der Waals surface area contributed by atoms with Crippen LogP contribution in [0.5, 0.6) is 0 Å². The second-order valence-corrected chi connectivity index (χ2v) is 6.67. The number of sulfonamides is 1. The van der Waals surface area contributed by atoms with E-state index in [0.29, 0.717) is 16.4 Å². The molecule has 1 aliphatic heterocycles. The number of ether oxygens (including phenoxy) is 1. The van der Waals surface area contributed by atoms with Crippen LogP contribution >= 0.6 is 0 Å². The SMILES string of the molecule is NC(=O)C1CN(S(=O)(=O)c2cc(C(F)(F)F)ccc2F)CCO1. The van der Waals surface area contributed by atoms with Gasteiger partial charge in [-0.15, -0.1) is 0 Å². The molecule has 1 fully saturated rings. The summed E-state index contributed by atoms with van der Waals surface area (Å²) >= 11 is 0. The number of benzene rings is 1. The zero-order valence-electron chi connectivity index (χ0n) is 11.5. The fourth-order valence-corrected chi connectivity index (χ4v) is 3.55. The average molecular weight is 356 g/mol. The molecule has 1 heterocycles. The number of rotatable bonds is 3. The minimum absolute atomic E-state index is 0.187.